The minimum atomic E-state index is -1.19. The fourth-order valence-electron chi connectivity index (χ4n) is 6.42. The topological polar surface area (TPSA) is 128 Å². The first kappa shape index (κ1) is 33.0. The molecule has 2 aliphatic rings. The van der Waals surface area contributed by atoms with E-state index < -0.39 is 29.6 Å². The fraction of sp³-hybridized carbons (Fsp3) is 0.529. The maximum atomic E-state index is 14.0. The van der Waals surface area contributed by atoms with Gasteiger partial charge in [0.1, 0.15) is 18.2 Å². The van der Waals surface area contributed by atoms with Crippen LogP contribution in [0.4, 0.5) is 4.79 Å². The molecule has 2 heterocycles. The molecule has 10 heteroatoms. The lowest BCUT2D eigenvalue weighted by Crippen LogP contribution is -2.76. The van der Waals surface area contributed by atoms with Gasteiger partial charge in [-0.2, -0.15) is 0 Å². The number of carbonyl (C=O) groups is 4. The van der Waals surface area contributed by atoms with E-state index in [9.17, 15) is 24.3 Å². The Balaban J connectivity index is 1.35. The van der Waals surface area contributed by atoms with Gasteiger partial charge in [0.05, 0.1) is 6.42 Å². The number of amides is 3. The number of carbonyl (C=O) groups excluding carboxylic acids is 3. The lowest BCUT2D eigenvalue weighted by molar-refractivity contribution is -0.169. The van der Waals surface area contributed by atoms with Crippen molar-refractivity contribution in [2.45, 2.75) is 70.6 Å². The molecule has 2 aliphatic heterocycles. The smallest absolute Gasteiger partial charge is 0.407 e. The van der Waals surface area contributed by atoms with Gasteiger partial charge >= 0.3 is 12.1 Å². The minimum absolute atomic E-state index is 0.107. The van der Waals surface area contributed by atoms with Crippen LogP contribution in [0.2, 0.25) is 0 Å². The molecule has 2 unspecified atom stereocenters. The van der Waals surface area contributed by atoms with Gasteiger partial charge in [-0.25, -0.2) is 4.79 Å². The number of nitrogens with one attached hydrogen (secondary N) is 2. The van der Waals surface area contributed by atoms with E-state index in [1.165, 1.54) is 5.56 Å². The number of carboxylic acid groups (broad SMARTS) is 1. The molecule has 44 heavy (non-hydrogen) atoms. The first-order valence-corrected chi connectivity index (χ1v) is 15.7. The second-order valence-electron chi connectivity index (χ2n) is 12.4. The molecule has 2 aromatic rings. The van der Waals surface area contributed by atoms with Crippen LogP contribution in [0.25, 0.3) is 0 Å². The molecule has 2 saturated heterocycles. The highest BCUT2D eigenvalue weighted by Crippen LogP contribution is 2.40. The van der Waals surface area contributed by atoms with E-state index in [1.54, 1.807) is 4.90 Å². The van der Waals surface area contributed by atoms with Gasteiger partial charge < -0.3 is 30.3 Å². The average molecular weight is 607 g/mol. The van der Waals surface area contributed by atoms with Gasteiger partial charge in [0, 0.05) is 38.6 Å². The van der Waals surface area contributed by atoms with Crippen molar-refractivity contribution in [1.29, 1.82) is 0 Å². The Morgan fingerprint density at radius 3 is 2.39 bits per heavy atom. The van der Waals surface area contributed by atoms with Crippen molar-refractivity contribution >= 4 is 23.9 Å². The molecular formula is C34H46N4O6. The molecule has 3 amide bonds. The minimum Gasteiger partial charge on any atom is -0.481 e. The SMILES string of the molecule is CC(C)CN1C(=O)[C@H](CCCCNC(=O)OCc2ccccc2)NC(=O)C12CCN(CCc1ccccc1)CC2CC(=O)O. The van der Waals surface area contributed by atoms with Crippen LogP contribution in [0.15, 0.2) is 60.7 Å². The highest BCUT2D eigenvalue weighted by molar-refractivity contribution is 6.00. The van der Waals surface area contributed by atoms with Crippen LogP contribution in [0.3, 0.4) is 0 Å². The number of rotatable bonds is 14. The van der Waals surface area contributed by atoms with Crippen molar-refractivity contribution in [2.75, 3.05) is 32.7 Å². The van der Waals surface area contributed by atoms with Gasteiger partial charge in [-0.3, -0.25) is 14.4 Å². The lowest BCUT2D eigenvalue weighted by atomic mass is 9.71. The second-order valence-corrected chi connectivity index (χ2v) is 12.4. The summed E-state index contributed by atoms with van der Waals surface area (Å²) in [7, 11) is 0. The number of piperidine rings is 1. The fourth-order valence-corrected chi connectivity index (χ4v) is 6.42. The predicted molar refractivity (Wildman–Crippen MR) is 167 cm³/mol. The normalized spacial score (nSPS) is 22.2. The van der Waals surface area contributed by atoms with Crippen molar-refractivity contribution in [3.63, 3.8) is 0 Å². The predicted octanol–water partition coefficient (Wildman–Crippen LogP) is 3.84. The number of ether oxygens (including phenoxy) is 1. The number of likely N-dealkylation sites (tertiary alicyclic amines) is 1. The van der Waals surface area contributed by atoms with Gasteiger partial charge in [-0.15, -0.1) is 0 Å². The molecule has 0 radical (unpaired) electrons. The first-order valence-electron chi connectivity index (χ1n) is 15.7. The van der Waals surface area contributed by atoms with E-state index >= 15 is 0 Å². The number of hydrogen-bond acceptors (Lipinski definition) is 6. The Hall–Kier alpha value is -3.92. The number of carboxylic acids is 1. The number of unbranched alkanes of at least 4 members (excludes halogenated alkanes) is 1. The number of alkyl carbamates (subject to hydrolysis) is 1. The Kier molecular flexibility index (Phi) is 11.8. The average Bonchev–Trinajstić information content (AvgIpc) is 3.01. The van der Waals surface area contributed by atoms with Crippen molar-refractivity contribution in [3.8, 4) is 0 Å². The molecular weight excluding hydrogens is 560 g/mol. The van der Waals surface area contributed by atoms with Crippen LogP contribution in [0, 0.1) is 11.8 Å². The largest absolute Gasteiger partial charge is 0.481 e. The maximum absolute atomic E-state index is 14.0. The standard InChI is InChI=1S/C34H46N4O6/c1-25(2)22-38-31(41)29(15-9-10-18-35-33(43)44-24-27-13-7-4-8-14-27)36-32(42)34(38)17-20-37(23-28(34)21-30(39)40)19-16-26-11-5-3-6-12-26/h3-8,11-14,25,28-29H,9-10,15-24H2,1-2H3,(H,35,43)(H,36,42)(H,39,40)/t28?,29-,34?/m0/s1. The number of aliphatic carboxylic acids is 1. The number of benzene rings is 2. The van der Waals surface area contributed by atoms with Crippen LogP contribution in [-0.4, -0.2) is 83.1 Å². The molecule has 1 spiro atoms. The first-order chi connectivity index (χ1) is 21.2. The second kappa shape index (κ2) is 15.7. The van der Waals surface area contributed by atoms with E-state index in [1.807, 2.05) is 62.4 Å². The summed E-state index contributed by atoms with van der Waals surface area (Å²) in [6.07, 6.45) is 2.20. The molecule has 0 bridgehead atoms. The molecule has 0 aliphatic carbocycles. The highest BCUT2D eigenvalue weighted by Gasteiger charge is 2.58. The zero-order chi connectivity index (χ0) is 31.5. The quantitative estimate of drug-likeness (QED) is 0.279. The summed E-state index contributed by atoms with van der Waals surface area (Å²) in [4.78, 5) is 55.9. The molecule has 10 nitrogen and oxygen atoms in total. The zero-order valence-electron chi connectivity index (χ0n) is 25.9. The molecule has 3 N–H and O–H groups in total. The summed E-state index contributed by atoms with van der Waals surface area (Å²) in [5.41, 5.74) is 0.918. The molecule has 4 rings (SSSR count). The third-order valence-electron chi connectivity index (χ3n) is 8.64. The molecule has 3 atom stereocenters. The molecule has 0 saturated carbocycles. The van der Waals surface area contributed by atoms with Crippen LogP contribution in [-0.2, 0) is 32.1 Å². The Labute approximate surface area is 260 Å². The van der Waals surface area contributed by atoms with Gasteiger partial charge in [0.2, 0.25) is 11.8 Å². The maximum Gasteiger partial charge on any atom is 0.407 e. The molecule has 2 aromatic carbocycles. The highest BCUT2D eigenvalue weighted by atomic mass is 16.5. The van der Waals surface area contributed by atoms with E-state index in [0.717, 1.165) is 18.5 Å². The molecule has 238 valence electrons. The number of nitrogens with zero attached hydrogens (tertiary/aromatic N) is 2. The van der Waals surface area contributed by atoms with Crippen molar-refractivity contribution < 1.29 is 29.0 Å². The Morgan fingerprint density at radius 1 is 1.05 bits per heavy atom. The van der Waals surface area contributed by atoms with Gasteiger partial charge in [-0.1, -0.05) is 74.5 Å². The van der Waals surface area contributed by atoms with Crippen LogP contribution < -0.4 is 10.6 Å². The van der Waals surface area contributed by atoms with Crippen LogP contribution >= 0.6 is 0 Å². The Bertz CT molecular complexity index is 1260. The van der Waals surface area contributed by atoms with Gasteiger partial charge in [0.15, 0.2) is 0 Å². The lowest BCUT2D eigenvalue weighted by Gasteiger charge is -2.55. The number of hydrogen-bond donors (Lipinski definition) is 3. The van der Waals surface area contributed by atoms with E-state index in [0.29, 0.717) is 51.9 Å². The van der Waals surface area contributed by atoms with Crippen molar-refractivity contribution in [2.24, 2.45) is 11.8 Å². The summed E-state index contributed by atoms with van der Waals surface area (Å²) >= 11 is 0. The summed E-state index contributed by atoms with van der Waals surface area (Å²) in [6, 6.07) is 18.9. The summed E-state index contributed by atoms with van der Waals surface area (Å²) < 4.78 is 5.24. The van der Waals surface area contributed by atoms with Gasteiger partial charge in [0.25, 0.3) is 0 Å². The van der Waals surface area contributed by atoms with E-state index in [2.05, 4.69) is 27.7 Å². The summed E-state index contributed by atoms with van der Waals surface area (Å²) in [6.45, 7) is 6.78. The van der Waals surface area contributed by atoms with Crippen molar-refractivity contribution in [1.82, 2.24) is 20.4 Å². The third kappa shape index (κ3) is 8.59. The van der Waals surface area contributed by atoms with Crippen LogP contribution in [0.1, 0.15) is 57.1 Å². The Morgan fingerprint density at radius 2 is 1.73 bits per heavy atom. The van der Waals surface area contributed by atoms with Gasteiger partial charge in [-0.05, 0) is 49.1 Å². The van der Waals surface area contributed by atoms with Crippen molar-refractivity contribution in [3.05, 3.63) is 71.8 Å². The molecule has 0 aromatic heterocycles. The number of piperazine rings is 1. The summed E-state index contributed by atoms with van der Waals surface area (Å²) in [5, 5.41) is 15.6. The zero-order valence-corrected chi connectivity index (χ0v) is 25.9. The molecule has 2 fully saturated rings. The third-order valence-corrected chi connectivity index (χ3v) is 8.64. The van der Waals surface area contributed by atoms with E-state index in [4.69, 9.17) is 4.74 Å². The monoisotopic (exact) mass is 606 g/mol. The van der Waals surface area contributed by atoms with E-state index in [-0.39, 0.29) is 30.8 Å². The summed E-state index contributed by atoms with van der Waals surface area (Å²) in [5.74, 6) is -1.80. The van der Waals surface area contributed by atoms with Crippen LogP contribution in [0.5, 0.6) is 0 Å².